The number of halogens is 6. The van der Waals surface area contributed by atoms with Crippen molar-refractivity contribution in [1.29, 1.82) is 0 Å². The topological polar surface area (TPSA) is 21.4 Å². The number of hydrogen-bond acceptors (Lipinski definition) is 2. The molecule has 1 N–H and O–H groups in total. The molecule has 10 heteroatoms. The molecule has 0 fully saturated rings. The Labute approximate surface area is 248 Å². The Balaban J connectivity index is 0.000000517. The Hall–Kier alpha value is -3.52. The summed E-state index contributed by atoms with van der Waals surface area (Å²) in [6.07, 6.45) is 0. The summed E-state index contributed by atoms with van der Waals surface area (Å²) < 4.78 is 59.2. The molecule has 0 spiro atoms. The molecule has 42 heavy (non-hydrogen) atoms. The maximum absolute atomic E-state index is 10.7. The molecule has 0 heterocycles. The van der Waals surface area contributed by atoms with Gasteiger partial charge in [0.2, 0.25) is 0 Å². The normalized spacial score (nSPS) is 12.8. The van der Waals surface area contributed by atoms with Crippen LogP contribution in [-0.2, 0) is 0 Å². The van der Waals surface area contributed by atoms with Crippen molar-refractivity contribution in [3.8, 4) is 11.1 Å². The summed E-state index contributed by atoms with van der Waals surface area (Å²) in [5.74, 6) is 0.305. The van der Waals surface area contributed by atoms with Crippen LogP contribution in [0.3, 0.4) is 0 Å². The Morgan fingerprint density at radius 1 is 0.476 bits per heavy atom. The third kappa shape index (κ3) is 11.0. The van der Waals surface area contributed by atoms with Gasteiger partial charge in [0.15, 0.2) is 0 Å². The van der Waals surface area contributed by atoms with Gasteiger partial charge in [0.05, 0.1) is 11.1 Å². The van der Waals surface area contributed by atoms with E-state index in [9.17, 15) is 30.0 Å². The van der Waals surface area contributed by atoms with E-state index in [1.807, 2.05) is 49.4 Å². The molecular weight excluding hydrogens is 609 g/mol. The molecule has 5 aromatic rings. The van der Waals surface area contributed by atoms with Crippen molar-refractivity contribution in [3.05, 3.63) is 144 Å². The van der Waals surface area contributed by atoms with Gasteiger partial charge in [-0.25, -0.2) is 0 Å². The molecule has 0 radical (unpaired) electrons. The maximum atomic E-state index is 10.6. The van der Waals surface area contributed by atoms with Gasteiger partial charge in [-0.2, -0.15) is 0 Å². The van der Waals surface area contributed by atoms with Crippen molar-refractivity contribution in [2.24, 2.45) is 0 Å². The molecular formula is C32H25F6OPS2. The van der Waals surface area contributed by atoms with Gasteiger partial charge >= 0.3 is 38.8 Å². The third-order valence-corrected chi connectivity index (χ3v) is 7.74. The SMILES string of the molecule is Cc1ccc(C(=[OH+])c2ccc(Sc3ccc(-c4ccc(Sc5ccccc5)cc4)cc3)cc2)cc1.F[P-](F)(F)(F)(F)F. The summed E-state index contributed by atoms with van der Waals surface area (Å²) in [4.78, 5) is 15.4. The predicted octanol–water partition coefficient (Wildman–Crippen LogP) is 12.3. The summed E-state index contributed by atoms with van der Waals surface area (Å²) in [6, 6.07) is 43.8. The van der Waals surface area contributed by atoms with Crippen molar-refractivity contribution in [3.63, 3.8) is 0 Å². The number of hydrogen-bond donors (Lipinski definition) is 0. The fourth-order valence-corrected chi connectivity index (χ4v) is 5.40. The van der Waals surface area contributed by atoms with Crippen LogP contribution in [0.1, 0.15) is 16.7 Å². The van der Waals surface area contributed by atoms with E-state index in [1.165, 1.54) is 31.4 Å². The summed E-state index contributed by atoms with van der Waals surface area (Å²) in [7, 11) is -10.7. The second-order valence-corrected chi connectivity index (χ2v) is 13.5. The predicted molar refractivity (Wildman–Crippen MR) is 163 cm³/mol. The number of benzene rings is 5. The average molecular weight is 635 g/mol. The fraction of sp³-hybridized carbons (Fsp3) is 0.0312. The van der Waals surface area contributed by atoms with Crippen LogP contribution >= 0.6 is 31.3 Å². The average Bonchev–Trinajstić information content (AvgIpc) is 2.93. The molecule has 218 valence electrons. The van der Waals surface area contributed by atoms with Crippen LogP contribution < -0.4 is 0 Å². The molecule has 0 aliphatic carbocycles. The molecule has 0 atom stereocenters. The Kier molecular flexibility index (Phi) is 8.97. The first-order valence-corrected chi connectivity index (χ1v) is 16.2. The minimum atomic E-state index is -10.7. The van der Waals surface area contributed by atoms with Gasteiger partial charge in [-0.1, -0.05) is 83.7 Å². The zero-order valence-electron chi connectivity index (χ0n) is 22.1. The van der Waals surface area contributed by atoms with Crippen LogP contribution in [0.25, 0.3) is 11.1 Å². The van der Waals surface area contributed by atoms with Crippen molar-refractivity contribution in [2.45, 2.75) is 26.5 Å². The van der Waals surface area contributed by atoms with Crippen LogP contribution in [0, 0.1) is 6.92 Å². The Morgan fingerprint density at radius 2 is 0.786 bits per heavy atom. The molecule has 0 aliphatic rings. The van der Waals surface area contributed by atoms with Gasteiger partial charge < -0.3 is 0 Å². The van der Waals surface area contributed by atoms with Gasteiger partial charge in [0, 0.05) is 19.6 Å². The minimum absolute atomic E-state index is 0.305. The monoisotopic (exact) mass is 634 g/mol. The molecule has 0 saturated heterocycles. The molecule has 0 bridgehead atoms. The molecule has 0 amide bonds. The first kappa shape index (κ1) is 31.4. The van der Waals surface area contributed by atoms with E-state index in [0.717, 1.165) is 16.0 Å². The quantitative estimate of drug-likeness (QED) is 0.0769. The summed E-state index contributed by atoms with van der Waals surface area (Å²) in [6.45, 7) is 2.04. The first-order chi connectivity index (χ1) is 19.6. The standard InChI is InChI=1S/C32H24OS2.F6P/c1-23-7-9-26(10-8-23)32(33)27-15-21-31(22-16-27)35-30-19-13-25(14-20-30)24-11-17-29(18-12-24)34-28-5-3-2-4-6-28;1-7(2,3,4,5)6/h2-22H,1H3;/q;-1/p+1. The van der Waals surface area contributed by atoms with E-state index in [0.29, 0.717) is 5.78 Å². The summed E-state index contributed by atoms with van der Waals surface area (Å²) >= 11 is 3.50. The van der Waals surface area contributed by atoms with Crippen LogP contribution in [-0.4, -0.2) is 10.6 Å². The van der Waals surface area contributed by atoms with E-state index in [1.54, 1.807) is 23.5 Å². The van der Waals surface area contributed by atoms with Crippen LogP contribution in [0.4, 0.5) is 25.2 Å². The molecule has 5 aromatic carbocycles. The molecule has 1 nitrogen and oxygen atoms in total. The molecule has 0 saturated carbocycles. The zero-order valence-corrected chi connectivity index (χ0v) is 24.6. The molecule has 0 unspecified atom stereocenters. The Bertz CT molecular complexity index is 1630. The van der Waals surface area contributed by atoms with Crippen molar-refractivity contribution in [1.82, 2.24) is 0 Å². The fourth-order valence-electron chi connectivity index (χ4n) is 3.75. The van der Waals surface area contributed by atoms with Gasteiger partial charge in [-0.05, 0) is 90.8 Å². The number of carbonyl (C=O) groups excluding carboxylic acids is 1. The number of aryl methyl sites for hydroxylation is 1. The Morgan fingerprint density at radius 3 is 1.17 bits per heavy atom. The van der Waals surface area contributed by atoms with E-state index in [-0.39, 0.29) is 0 Å². The summed E-state index contributed by atoms with van der Waals surface area (Å²) in [5, 5.41) is 0. The first-order valence-electron chi connectivity index (χ1n) is 12.5. The van der Waals surface area contributed by atoms with Gasteiger partial charge in [0.1, 0.15) is 0 Å². The van der Waals surface area contributed by atoms with E-state index < -0.39 is 7.81 Å². The van der Waals surface area contributed by atoms with E-state index in [2.05, 4.69) is 84.9 Å². The van der Waals surface area contributed by atoms with Crippen molar-refractivity contribution < 1.29 is 30.0 Å². The third-order valence-electron chi connectivity index (χ3n) is 5.71. The zero-order chi connectivity index (χ0) is 30.4. The molecule has 0 aromatic heterocycles. The van der Waals surface area contributed by atoms with Gasteiger partial charge in [-0.3, -0.25) is 4.79 Å². The van der Waals surface area contributed by atoms with Crippen molar-refractivity contribution in [2.75, 3.05) is 0 Å². The van der Waals surface area contributed by atoms with E-state index >= 15 is 0 Å². The number of rotatable bonds is 7. The molecule has 0 aliphatic heterocycles. The molecule has 5 rings (SSSR count). The second-order valence-electron chi connectivity index (χ2n) is 9.26. The van der Waals surface area contributed by atoms with Crippen LogP contribution in [0.2, 0.25) is 0 Å². The van der Waals surface area contributed by atoms with Gasteiger partial charge in [-0.15, -0.1) is 0 Å². The van der Waals surface area contributed by atoms with Crippen molar-refractivity contribution >= 4 is 37.1 Å². The van der Waals surface area contributed by atoms with Gasteiger partial charge in [0.25, 0.3) is 0 Å². The van der Waals surface area contributed by atoms with E-state index in [4.69, 9.17) is 0 Å². The van der Waals surface area contributed by atoms with Crippen LogP contribution in [0.5, 0.6) is 0 Å². The number of ketones is 1. The summed E-state index contributed by atoms with van der Waals surface area (Å²) in [5.41, 5.74) is 5.25. The van der Waals surface area contributed by atoms with Crippen LogP contribution in [0.15, 0.2) is 147 Å². The second kappa shape index (κ2) is 12.0.